The number of pyridine rings is 1. The molecule has 9 heteroatoms. The molecule has 1 fully saturated rings. The fourth-order valence-electron chi connectivity index (χ4n) is 2.03. The fraction of sp³-hybridized carbons (Fsp3) is 0.455. The Morgan fingerprint density at radius 3 is 3.10 bits per heavy atom. The summed E-state index contributed by atoms with van der Waals surface area (Å²) in [5, 5.41) is 22.6. The SMILES string of the molecule is CC1CN(c2ncc(C(N)=NO)cc2[N+](=O)[O-])CCO1. The third-order valence-electron chi connectivity index (χ3n) is 2.99. The lowest BCUT2D eigenvalue weighted by Gasteiger charge is -2.31. The lowest BCUT2D eigenvalue weighted by Crippen LogP contribution is -2.41. The van der Waals surface area contributed by atoms with E-state index in [9.17, 15) is 10.1 Å². The van der Waals surface area contributed by atoms with Gasteiger partial charge in [0.15, 0.2) is 5.84 Å². The van der Waals surface area contributed by atoms with Gasteiger partial charge in [-0.3, -0.25) is 10.1 Å². The lowest BCUT2D eigenvalue weighted by molar-refractivity contribution is -0.384. The number of morpholine rings is 1. The smallest absolute Gasteiger partial charge is 0.312 e. The Bertz CT molecular complexity index is 548. The van der Waals surface area contributed by atoms with Crippen LogP contribution in [0, 0.1) is 10.1 Å². The monoisotopic (exact) mass is 281 g/mol. The van der Waals surface area contributed by atoms with Crippen LogP contribution < -0.4 is 10.6 Å². The van der Waals surface area contributed by atoms with Crippen LogP contribution in [0.25, 0.3) is 0 Å². The van der Waals surface area contributed by atoms with Crippen LogP contribution >= 0.6 is 0 Å². The standard InChI is InChI=1S/C11H15N5O4/c1-7-6-15(2-3-20-7)11-9(16(18)19)4-8(5-13-11)10(12)14-17/h4-5,7,17H,2-3,6H2,1H3,(H2,12,14). The summed E-state index contributed by atoms with van der Waals surface area (Å²) in [7, 11) is 0. The van der Waals surface area contributed by atoms with Crippen molar-refractivity contribution in [1.29, 1.82) is 0 Å². The molecule has 2 heterocycles. The topological polar surface area (TPSA) is 127 Å². The number of nitro groups is 1. The Kier molecular flexibility index (Phi) is 3.99. The summed E-state index contributed by atoms with van der Waals surface area (Å²) >= 11 is 0. The zero-order valence-electron chi connectivity index (χ0n) is 10.9. The number of ether oxygens (including phenoxy) is 1. The summed E-state index contributed by atoms with van der Waals surface area (Å²) in [6.07, 6.45) is 1.33. The molecule has 1 atom stereocenters. The molecule has 0 aromatic carbocycles. The number of aromatic nitrogens is 1. The van der Waals surface area contributed by atoms with Crippen LogP contribution in [0.3, 0.4) is 0 Å². The Balaban J connectivity index is 2.40. The highest BCUT2D eigenvalue weighted by Gasteiger charge is 2.26. The molecule has 0 saturated carbocycles. The van der Waals surface area contributed by atoms with Gasteiger partial charge in [0, 0.05) is 30.9 Å². The molecular weight excluding hydrogens is 266 g/mol. The van der Waals surface area contributed by atoms with Gasteiger partial charge in [-0.1, -0.05) is 5.16 Å². The molecule has 3 N–H and O–H groups in total. The number of nitrogens with zero attached hydrogens (tertiary/aromatic N) is 4. The summed E-state index contributed by atoms with van der Waals surface area (Å²) in [6.45, 7) is 3.43. The molecule has 1 unspecified atom stereocenters. The van der Waals surface area contributed by atoms with Crippen LogP contribution in [0.1, 0.15) is 12.5 Å². The molecule has 0 bridgehead atoms. The molecular formula is C11H15N5O4. The number of hydrogen-bond donors (Lipinski definition) is 2. The van der Waals surface area contributed by atoms with Crippen molar-refractivity contribution in [1.82, 2.24) is 4.98 Å². The lowest BCUT2D eigenvalue weighted by atomic mass is 10.2. The maximum absolute atomic E-state index is 11.2. The van der Waals surface area contributed by atoms with Crippen molar-refractivity contribution < 1.29 is 14.9 Å². The second-order valence-corrected chi connectivity index (χ2v) is 4.44. The molecule has 1 aromatic heterocycles. The number of rotatable bonds is 3. The van der Waals surface area contributed by atoms with Gasteiger partial charge in [-0.2, -0.15) is 0 Å². The highest BCUT2D eigenvalue weighted by molar-refractivity contribution is 5.97. The minimum absolute atomic E-state index is 0.0195. The van der Waals surface area contributed by atoms with Crippen molar-refractivity contribution in [2.24, 2.45) is 10.9 Å². The van der Waals surface area contributed by atoms with E-state index in [1.165, 1.54) is 12.3 Å². The van der Waals surface area contributed by atoms with Crippen LogP contribution in [-0.2, 0) is 4.74 Å². The predicted octanol–water partition coefficient (Wildman–Crippen LogP) is 0.309. The normalized spacial score (nSPS) is 19.9. The average Bonchev–Trinajstić information content (AvgIpc) is 2.45. The van der Waals surface area contributed by atoms with Gasteiger partial charge in [0.25, 0.3) is 0 Å². The van der Waals surface area contributed by atoms with Crippen LogP contribution in [0.5, 0.6) is 0 Å². The van der Waals surface area contributed by atoms with Gasteiger partial charge in [-0.15, -0.1) is 0 Å². The second kappa shape index (κ2) is 5.70. The molecule has 0 amide bonds. The molecule has 2 rings (SSSR count). The van der Waals surface area contributed by atoms with Crippen LogP contribution in [0.15, 0.2) is 17.4 Å². The van der Waals surface area contributed by atoms with E-state index < -0.39 is 4.92 Å². The summed E-state index contributed by atoms with van der Waals surface area (Å²) in [5.41, 5.74) is 5.44. The van der Waals surface area contributed by atoms with Gasteiger partial charge in [0.05, 0.1) is 17.6 Å². The largest absolute Gasteiger partial charge is 0.409 e. The maximum Gasteiger partial charge on any atom is 0.312 e. The van der Waals surface area contributed by atoms with Crippen LogP contribution in [0.2, 0.25) is 0 Å². The van der Waals surface area contributed by atoms with E-state index in [4.69, 9.17) is 15.7 Å². The third kappa shape index (κ3) is 2.77. The summed E-state index contributed by atoms with van der Waals surface area (Å²) in [4.78, 5) is 16.5. The molecule has 0 spiro atoms. The van der Waals surface area contributed by atoms with Gasteiger partial charge >= 0.3 is 5.69 Å². The van der Waals surface area contributed by atoms with Gasteiger partial charge in [-0.25, -0.2) is 4.98 Å². The molecule has 1 aliphatic rings. The van der Waals surface area contributed by atoms with E-state index in [-0.39, 0.29) is 29.0 Å². The molecule has 1 aliphatic heterocycles. The first-order chi connectivity index (χ1) is 9.52. The highest BCUT2D eigenvalue weighted by Crippen LogP contribution is 2.27. The second-order valence-electron chi connectivity index (χ2n) is 4.44. The molecule has 1 aromatic rings. The molecule has 108 valence electrons. The average molecular weight is 281 g/mol. The van der Waals surface area contributed by atoms with Crippen molar-refractivity contribution in [3.63, 3.8) is 0 Å². The number of amidine groups is 1. The Morgan fingerprint density at radius 2 is 2.50 bits per heavy atom. The molecule has 1 saturated heterocycles. The first kappa shape index (κ1) is 14.0. The summed E-state index contributed by atoms with van der Waals surface area (Å²) in [5.74, 6) is 0.0436. The number of hydrogen-bond acceptors (Lipinski definition) is 7. The van der Waals surface area contributed by atoms with E-state index in [0.717, 1.165) is 0 Å². The first-order valence-electron chi connectivity index (χ1n) is 6.01. The molecule has 0 aliphatic carbocycles. The quantitative estimate of drug-likeness (QED) is 0.268. The van der Waals surface area contributed by atoms with Crippen molar-refractivity contribution >= 4 is 17.3 Å². The van der Waals surface area contributed by atoms with E-state index in [1.54, 1.807) is 4.90 Å². The van der Waals surface area contributed by atoms with Gasteiger partial charge in [0.1, 0.15) is 0 Å². The van der Waals surface area contributed by atoms with E-state index >= 15 is 0 Å². The van der Waals surface area contributed by atoms with E-state index in [1.807, 2.05) is 6.92 Å². The third-order valence-corrected chi connectivity index (χ3v) is 2.99. The maximum atomic E-state index is 11.2. The number of nitrogens with two attached hydrogens (primary N) is 1. The summed E-state index contributed by atoms with van der Waals surface area (Å²) < 4.78 is 5.40. The Labute approximate surface area is 114 Å². The van der Waals surface area contributed by atoms with Crippen LogP contribution in [-0.4, -0.2) is 46.8 Å². The van der Waals surface area contributed by atoms with Gasteiger partial charge in [-0.05, 0) is 6.92 Å². The molecule has 20 heavy (non-hydrogen) atoms. The fourth-order valence-corrected chi connectivity index (χ4v) is 2.03. The number of oxime groups is 1. The van der Waals surface area contributed by atoms with E-state index in [2.05, 4.69) is 10.1 Å². The zero-order chi connectivity index (χ0) is 14.7. The number of anilines is 1. The Morgan fingerprint density at radius 1 is 1.75 bits per heavy atom. The predicted molar refractivity (Wildman–Crippen MR) is 71.0 cm³/mol. The molecule has 9 nitrogen and oxygen atoms in total. The van der Waals surface area contributed by atoms with Crippen molar-refractivity contribution in [2.45, 2.75) is 13.0 Å². The van der Waals surface area contributed by atoms with Gasteiger partial charge < -0.3 is 20.6 Å². The van der Waals surface area contributed by atoms with Crippen molar-refractivity contribution in [3.8, 4) is 0 Å². The van der Waals surface area contributed by atoms with Gasteiger partial charge in [0.2, 0.25) is 5.82 Å². The first-order valence-corrected chi connectivity index (χ1v) is 6.01. The van der Waals surface area contributed by atoms with Crippen molar-refractivity contribution in [3.05, 3.63) is 27.9 Å². The van der Waals surface area contributed by atoms with Crippen LogP contribution in [0.4, 0.5) is 11.5 Å². The highest BCUT2D eigenvalue weighted by atomic mass is 16.6. The summed E-state index contributed by atoms with van der Waals surface area (Å²) in [6, 6.07) is 1.25. The minimum Gasteiger partial charge on any atom is -0.409 e. The minimum atomic E-state index is -0.531. The Hall–Kier alpha value is -2.42. The molecule has 0 radical (unpaired) electrons. The van der Waals surface area contributed by atoms with E-state index in [0.29, 0.717) is 19.7 Å². The van der Waals surface area contributed by atoms with Crippen molar-refractivity contribution in [2.75, 3.05) is 24.6 Å². The zero-order valence-corrected chi connectivity index (χ0v) is 10.9.